The second kappa shape index (κ2) is 5.13. The van der Waals surface area contributed by atoms with Crippen molar-refractivity contribution in [3.8, 4) is 11.5 Å². The van der Waals surface area contributed by atoms with Crippen LogP contribution in [0, 0.1) is 11.6 Å². The molecule has 0 fully saturated rings. The maximum Gasteiger partial charge on any atom is 0.201 e. The summed E-state index contributed by atoms with van der Waals surface area (Å²) in [5.74, 6) is -1.87. The van der Waals surface area contributed by atoms with Gasteiger partial charge < -0.3 is 4.74 Å². The average molecular weight is 337 g/mol. The Balaban J connectivity index is 2.09. The molecule has 6 heteroatoms. The van der Waals surface area contributed by atoms with Gasteiger partial charge in [-0.15, -0.1) is 0 Å². The number of rotatable bonds is 2. The van der Waals surface area contributed by atoms with Gasteiger partial charge in [-0.25, -0.2) is 9.37 Å². The highest BCUT2D eigenvalue weighted by Crippen LogP contribution is 2.30. The molecule has 2 heterocycles. The van der Waals surface area contributed by atoms with Crippen LogP contribution in [0.4, 0.5) is 8.78 Å². The molecule has 0 spiro atoms. The molecular weight excluding hydrogens is 330 g/mol. The number of nitrogens with zero attached hydrogens (tertiary/aromatic N) is 2. The third-order valence-electron chi connectivity index (χ3n) is 2.64. The fourth-order valence-electron chi connectivity index (χ4n) is 1.74. The van der Waals surface area contributed by atoms with Crippen LogP contribution in [-0.4, -0.2) is 9.97 Å². The van der Waals surface area contributed by atoms with Crippen molar-refractivity contribution in [1.82, 2.24) is 9.97 Å². The summed E-state index contributed by atoms with van der Waals surface area (Å²) in [7, 11) is 0. The highest BCUT2D eigenvalue weighted by atomic mass is 79.9. The van der Waals surface area contributed by atoms with E-state index in [1.807, 2.05) is 0 Å². The van der Waals surface area contributed by atoms with E-state index >= 15 is 0 Å². The lowest BCUT2D eigenvalue weighted by molar-refractivity contribution is 0.418. The topological polar surface area (TPSA) is 35.0 Å². The summed E-state index contributed by atoms with van der Waals surface area (Å²) in [5.41, 5.74) is 1.06. The van der Waals surface area contributed by atoms with Gasteiger partial charge in [0.2, 0.25) is 5.82 Å². The summed E-state index contributed by atoms with van der Waals surface area (Å²) in [6, 6.07) is 7.07. The van der Waals surface area contributed by atoms with E-state index in [1.54, 1.807) is 18.3 Å². The van der Waals surface area contributed by atoms with Crippen molar-refractivity contribution < 1.29 is 13.5 Å². The first kappa shape index (κ1) is 12.9. The molecule has 0 aliphatic heterocycles. The van der Waals surface area contributed by atoms with Gasteiger partial charge in [-0.3, -0.25) is 4.98 Å². The third-order valence-corrected chi connectivity index (χ3v) is 3.08. The summed E-state index contributed by atoms with van der Waals surface area (Å²) >= 11 is 3.29. The highest BCUT2D eigenvalue weighted by Gasteiger charge is 2.12. The first-order valence-corrected chi connectivity index (χ1v) is 6.46. The summed E-state index contributed by atoms with van der Waals surface area (Å²) in [6.07, 6.45) is 3.10. The number of hydrogen-bond acceptors (Lipinski definition) is 3. The molecule has 0 atom stereocenters. The van der Waals surface area contributed by atoms with Crippen LogP contribution in [0.2, 0.25) is 0 Å². The van der Waals surface area contributed by atoms with Crippen LogP contribution in [0.1, 0.15) is 0 Å². The number of aromatic nitrogens is 2. The zero-order valence-electron chi connectivity index (χ0n) is 9.98. The highest BCUT2D eigenvalue weighted by molar-refractivity contribution is 9.10. The Labute approximate surface area is 121 Å². The van der Waals surface area contributed by atoms with Crippen LogP contribution in [0.25, 0.3) is 11.0 Å². The molecule has 3 rings (SSSR count). The van der Waals surface area contributed by atoms with E-state index in [4.69, 9.17) is 4.74 Å². The van der Waals surface area contributed by atoms with Crippen molar-refractivity contribution in [3.05, 3.63) is 58.8 Å². The molecule has 20 heavy (non-hydrogen) atoms. The molecule has 3 nitrogen and oxygen atoms in total. The predicted molar refractivity (Wildman–Crippen MR) is 73.7 cm³/mol. The van der Waals surface area contributed by atoms with E-state index in [0.717, 1.165) is 10.5 Å². The molecule has 0 amide bonds. The van der Waals surface area contributed by atoms with Crippen LogP contribution in [0.5, 0.6) is 11.5 Å². The normalized spacial score (nSPS) is 10.8. The van der Waals surface area contributed by atoms with Crippen LogP contribution in [0.3, 0.4) is 0 Å². The molecule has 0 saturated carbocycles. The molecule has 0 aliphatic carbocycles. The van der Waals surface area contributed by atoms with Gasteiger partial charge >= 0.3 is 0 Å². The third kappa shape index (κ3) is 2.34. The molecule has 0 radical (unpaired) electrons. The number of hydrogen-bond donors (Lipinski definition) is 0. The van der Waals surface area contributed by atoms with Crippen LogP contribution in [-0.2, 0) is 0 Å². The summed E-state index contributed by atoms with van der Waals surface area (Å²) in [4.78, 5) is 8.32. The molecule has 1 aromatic carbocycles. The van der Waals surface area contributed by atoms with Gasteiger partial charge in [0.25, 0.3) is 0 Å². The molecule has 0 saturated heterocycles. The number of pyridine rings is 2. The Morgan fingerprint density at radius 2 is 1.90 bits per heavy atom. The minimum absolute atomic E-state index is 0.192. The number of halogens is 3. The van der Waals surface area contributed by atoms with E-state index in [0.29, 0.717) is 16.8 Å². The van der Waals surface area contributed by atoms with E-state index in [9.17, 15) is 8.78 Å². The molecule has 0 unspecified atom stereocenters. The van der Waals surface area contributed by atoms with Gasteiger partial charge in [-0.1, -0.05) is 6.07 Å². The van der Waals surface area contributed by atoms with Gasteiger partial charge in [-0.2, -0.15) is 4.39 Å². The molecular formula is C14H7BrF2N2O. The van der Waals surface area contributed by atoms with E-state index in [-0.39, 0.29) is 5.75 Å². The van der Waals surface area contributed by atoms with E-state index < -0.39 is 11.6 Å². The lowest BCUT2D eigenvalue weighted by Crippen LogP contribution is -1.94. The Morgan fingerprint density at radius 3 is 2.75 bits per heavy atom. The SMILES string of the molecule is Fc1cccc(Oc2ccnc3cc(Br)cnc23)c1F. The Hall–Kier alpha value is -2.08. The standard InChI is InChI=1S/C14H7BrF2N2O/c15-8-6-10-14(19-7-8)12(4-5-18-10)20-11-3-1-2-9(16)13(11)17/h1-7H. The summed E-state index contributed by atoms with van der Waals surface area (Å²) < 4.78 is 32.9. The Morgan fingerprint density at radius 1 is 1.05 bits per heavy atom. The summed E-state index contributed by atoms with van der Waals surface area (Å²) in [6.45, 7) is 0. The van der Waals surface area contributed by atoms with Crippen molar-refractivity contribution in [2.45, 2.75) is 0 Å². The molecule has 0 N–H and O–H groups in total. The quantitative estimate of drug-likeness (QED) is 0.692. The van der Waals surface area contributed by atoms with Crippen LogP contribution in [0.15, 0.2) is 47.2 Å². The van der Waals surface area contributed by atoms with Gasteiger partial charge in [0.1, 0.15) is 5.52 Å². The Bertz CT molecular complexity index is 795. The van der Waals surface area contributed by atoms with Crippen molar-refractivity contribution >= 4 is 27.0 Å². The van der Waals surface area contributed by atoms with Gasteiger partial charge in [0.05, 0.1) is 5.52 Å². The van der Waals surface area contributed by atoms with Crippen LogP contribution >= 0.6 is 15.9 Å². The smallest absolute Gasteiger partial charge is 0.201 e. The maximum atomic E-state index is 13.6. The second-order valence-electron chi connectivity index (χ2n) is 3.98. The first-order valence-electron chi connectivity index (χ1n) is 5.67. The van der Waals surface area contributed by atoms with Crippen molar-refractivity contribution in [2.24, 2.45) is 0 Å². The minimum atomic E-state index is -1.03. The lowest BCUT2D eigenvalue weighted by atomic mass is 10.3. The molecule has 3 aromatic rings. The molecule has 100 valence electrons. The molecule has 0 bridgehead atoms. The van der Waals surface area contributed by atoms with Crippen LogP contribution < -0.4 is 4.74 Å². The Kier molecular flexibility index (Phi) is 3.31. The maximum absolute atomic E-state index is 13.6. The monoisotopic (exact) mass is 336 g/mol. The van der Waals surface area contributed by atoms with Gasteiger partial charge in [0, 0.05) is 22.9 Å². The lowest BCUT2D eigenvalue weighted by Gasteiger charge is -2.09. The minimum Gasteiger partial charge on any atom is -0.452 e. The largest absolute Gasteiger partial charge is 0.452 e. The van der Waals surface area contributed by atoms with Crippen molar-refractivity contribution in [2.75, 3.05) is 0 Å². The fraction of sp³-hybridized carbons (Fsp3) is 0. The zero-order chi connectivity index (χ0) is 14.1. The first-order chi connectivity index (χ1) is 9.65. The molecule has 2 aromatic heterocycles. The molecule has 0 aliphatic rings. The average Bonchev–Trinajstić information content (AvgIpc) is 2.44. The predicted octanol–water partition coefficient (Wildman–Crippen LogP) is 4.46. The van der Waals surface area contributed by atoms with Crippen molar-refractivity contribution in [3.63, 3.8) is 0 Å². The number of fused-ring (bicyclic) bond motifs is 1. The van der Waals surface area contributed by atoms with E-state index in [1.165, 1.54) is 18.3 Å². The van der Waals surface area contributed by atoms with Gasteiger partial charge in [0.15, 0.2) is 17.3 Å². The fourth-order valence-corrected chi connectivity index (χ4v) is 2.06. The second-order valence-corrected chi connectivity index (χ2v) is 4.90. The number of benzene rings is 1. The summed E-state index contributed by atoms with van der Waals surface area (Å²) in [5, 5.41) is 0. The van der Waals surface area contributed by atoms with E-state index in [2.05, 4.69) is 25.9 Å². The van der Waals surface area contributed by atoms with Crippen molar-refractivity contribution in [1.29, 1.82) is 0 Å². The zero-order valence-corrected chi connectivity index (χ0v) is 11.6. The number of ether oxygens (including phenoxy) is 1. The van der Waals surface area contributed by atoms with Gasteiger partial charge in [-0.05, 0) is 34.1 Å².